The molecule has 29 heavy (non-hydrogen) atoms. The van der Waals surface area contributed by atoms with Gasteiger partial charge in [0.25, 0.3) is 11.8 Å². The summed E-state index contributed by atoms with van der Waals surface area (Å²) < 4.78 is 7.65. The number of ether oxygens (including phenoxy) is 1. The van der Waals surface area contributed by atoms with Crippen LogP contribution >= 0.6 is 0 Å². The van der Waals surface area contributed by atoms with E-state index in [0.29, 0.717) is 17.9 Å². The molecule has 0 saturated heterocycles. The number of carbonyl (C=O) groups excluding carboxylic acids is 2. The Balaban J connectivity index is 1.82. The topological polar surface area (TPSA) is 63.6 Å². The van der Waals surface area contributed by atoms with Gasteiger partial charge in [-0.3, -0.25) is 9.59 Å². The number of nitrogens with zero attached hydrogens (tertiary/aromatic N) is 2. The third kappa shape index (κ3) is 4.42. The molecule has 0 aliphatic carbocycles. The molecule has 1 aromatic heterocycles. The highest BCUT2D eigenvalue weighted by molar-refractivity contribution is 5.98. The lowest BCUT2D eigenvalue weighted by Crippen LogP contribution is -2.30. The number of benzene rings is 2. The summed E-state index contributed by atoms with van der Waals surface area (Å²) in [5.41, 5.74) is 2.47. The number of rotatable bonds is 7. The van der Waals surface area contributed by atoms with Gasteiger partial charge in [0.05, 0.1) is 6.04 Å². The van der Waals surface area contributed by atoms with Crippen molar-refractivity contribution in [1.29, 1.82) is 0 Å². The van der Waals surface area contributed by atoms with E-state index >= 15 is 0 Å². The molecule has 3 rings (SSSR count). The van der Waals surface area contributed by atoms with Crippen LogP contribution in [0.25, 0.3) is 10.9 Å². The van der Waals surface area contributed by atoms with Crippen LogP contribution in [0, 0.1) is 0 Å². The predicted octanol–water partition coefficient (Wildman–Crippen LogP) is 3.53. The molecule has 0 aliphatic rings. The summed E-state index contributed by atoms with van der Waals surface area (Å²) in [6.45, 7) is 1.96. The van der Waals surface area contributed by atoms with E-state index in [-0.39, 0.29) is 24.5 Å². The normalized spacial score (nSPS) is 11.9. The Bertz CT molecular complexity index is 1020. The SMILES string of the molecule is CC[C@H](NC(=O)c1cc2ccccc2n1C)c1ccccc1OCC(=O)N(C)C. The Hall–Kier alpha value is -3.28. The Morgan fingerprint density at radius 1 is 1.10 bits per heavy atom. The summed E-state index contributed by atoms with van der Waals surface area (Å²) in [6.07, 6.45) is 0.692. The second-order valence-electron chi connectivity index (χ2n) is 7.20. The van der Waals surface area contributed by atoms with Crippen molar-refractivity contribution in [3.8, 4) is 5.75 Å². The number of fused-ring (bicyclic) bond motifs is 1. The summed E-state index contributed by atoms with van der Waals surface area (Å²) in [7, 11) is 5.27. The molecule has 0 saturated carbocycles. The van der Waals surface area contributed by atoms with Gasteiger partial charge in [0.2, 0.25) is 0 Å². The van der Waals surface area contributed by atoms with Crippen molar-refractivity contribution in [3.63, 3.8) is 0 Å². The Morgan fingerprint density at radius 2 is 1.79 bits per heavy atom. The predicted molar refractivity (Wildman–Crippen MR) is 114 cm³/mol. The number of aromatic nitrogens is 1. The monoisotopic (exact) mass is 393 g/mol. The molecule has 3 aromatic rings. The molecule has 6 nitrogen and oxygen atoms in total. The molecule has 6 heteroatoms. The van der Waals surface area contributed by atoms with Gasteiger partial charge in [-0.05, 0) is 24.6 Å². The molecule has 0 fully saturated rings. The number of hydrogen-bond donors (Lipinski definition) is 1. The number of hydrogen-bond acceptors (Lipinski definition) is 3. The average molecular weight is 393 g/mol. The van der Waals surface area contributed by atoms with Gasteiger partial charge in [-0.1, -0.05) is 43.3 Å². The third-order valence-corrected chi connectivity index (χ3v) is 5.04. The first-order chi connectivity index (χ1) is 13.9. The number of nitrogens with one attached hydrogen (secondary N) is 1. The van der Waals surface area contributed by atoms with Crippen molar-refractivity contribution in [2.75, 3.05) is 20.7 Å². The average Bonchev–Trinajstić information content (AvgIpc) is 3.07. The summed E-state index contributed by atoms with van der Waals surface area (Å²) in [5.74, 6) is 0.342. The van der Waals surface area contributed by atoms with Gasteiger partial charge in [0, 0.05) is 37.6 Å². The molecule has 2 amide bonds. The second-order valence-corrected chi connectivity index (χ2v) is 7.20. The molecule has 0 aliphatic heterocycles. The quantitative estimate of drug-likeness (QED) is 0.668. The molecular weight excluding hydrogens is 366 g/mol. The first-order valence-electron chi connectivity index (χ1n) is 9.69. The van der Waals surface area contributed by atoms with E-state index in [1.165, 1.54) is 4.90 Å². The van der Waals surface area contributed by atoms with E-state index in [9.17, 15) is 9.59 Å². The van der Waals surface area contributed by atoms with Crippen molar-refractivity contribution >= 4 is 22.7 Å². The Labute approximate surface area is 171 Å². The highest BCUT2D eigenvalue weighted by Crippen LogP contribution is 2.28. The van der Waals surface area contributed by atoms with Crippen molar-refractivity contribution in [1.82, 2.24) is 14.8 Å². The van der Waals surface area contributed by atoms with Crippen LogP contribution in [-0.4, -0.2) is 42.0 Å². The summed E-state index contributed by atoms with van der Waals surface area (Å²) in [6, 6.07) is 17.1. The standard InChI is InChI=1S/C23H27N3O3/c1-5-18(17-11-7-9-13-21(17)29-15-22(27)25(2)3)24-23(28)20-14-16-10-6-8-12-19(16)26(20)4/h6-14,18H,5,15H2,1-4H3,(H,24,28)/t18-/m0/s1. The lowest BCUT2D eigenvalue weighted by Gasteiger charge is -2.21. The van der Waals surface area contributed by atoms with Crippen LogP contribution < -0.4 is 10.1 Å². The number of likely N-dealkylation sites (N-methyl/N-ethyl adjacent to an activating group) is 1. The fourth-order valence-electron chi connectivity index (χ4n) is 3.31. The maximum absolute atomic E-state index is 13.0. The fraction of sp³-hybridized carbons (Fsp3) is 0.304. The molecule has 0 unspecified atom stereocenters. The zero-order valence-corrected chi connectivity index (χ0v) is 17.3. The van der Waals surface area contributed by atoms with Gasteiger partial charge in [-0.2, -0.15) is 0 Å². The van der Waals surface area contributed by atoms with Crippen LogP contribution in [-0.2, 0) is 11.8 Å². The van der Waals surface area contributed by atoms with E-state index in [1.54, 1.807) is 14.1 Å². The van der Waals surface area contributed by atoms with Crippen LogP contribution in [0.1, 0.15) is 35.4 Å². The fourth-order valence-corrected chi connectivity index (χ4v) is 3.31. The molecule has 1 atom stereocenters. The molecule has 152 valence electrons. The van der Waals surface area contributed by atoms with Crippen LogP contribution in [0.5, 0.6) is 5.75 Å². The summed E-state index contributed by atoms with van der Waals surface area (Å²) >= 11 is 0. The number of amides is 2. The van der Waals surface area contributed by atoms with Crippen LogP contribution in [0.3, 0.4) is 0 Å². The van der Waals surface area contributed by atoms with Gasteiger partial charge in [-0.15, -0.1) is 0 Å². The number of carbonyl (C=O) groups is 2. The highest BCUT2D eigenvalue weighted by atomic mass is 16.5. The van der Waals surface area contributed by atoms with Crippen molar-refractivity contribution in [2.45, 2.75) is 19.4 Å². The van der Waals surface area contributed by atoms with Gasteiger partial charge >= 0.3 is 0 Å². The van der Waals surface area contributed by atoms with E-state index < -0.39 is 0 Å². The smallest absolute Gasteiger partial charge is 0.268 e. The van der Waals surface area contributed by atoms with Crippen molar-refractivity contribution in [3.05, 3.63) is 65.9 Å². The van der Waals surface area contributed by atoms with Crippen LogP contribution in [0.15, 0.2) is 54.6 Å². The molecule has 1 N–H and O–H groups in total. The van der Waals surface area contributed by atoms with Crippen molar-refractivity contribution in [2.24, 2.45) is 7.05 Å². The van der Waals surface area contributed by atoms with Crippen LogP contribution in [0.4, 0.5) is 0 Å². The minimum Gasteiger partial charge on any atom is -0.483 e. The zero-order valence-electron chi connectivity index (χ0n) is 17.3. The molecule has 1 heterocycles. The van der Waals surface area contributed by atoms with E-state index in [0.717, 1.165) is 16.5 Å². The summed E-state index contributed by atoms with van der Waals surface area (Å²) in [5, 5.41) is 4.14. The Kier molecular flexibility index (Phi) is 6.22. The van der Waals surface area contributed by atoms with Gasteiger partial charge in [-0.25, -0.2) is 0 Å². The minimum atomic E-state index is -0.230. The highest BCUT2D eigenvalue weighted by Gasteiger charge is 2.20. The maximum atomic E-state index is 13.0. The summed E-state index contributed by atoms with van der Waals surface area (Å²) in [4.78, 5) is 26.4. The molecule has 0 bridgehead atoms. The largest absolute Gasteiger partial charge is 0.483 e. The van der Waals surface area contributed by atoms with Gasteiger partial charge in [0.15, 0.2) is 6.61 Å². The lowest BCUT2D eigenvalue weighted by molar-refractivity contribution is -0.130. The minimum absolute atomic E-state index is 0.0441. The van der Waals surface area contributed by atoms with Crippen molar-refractivity contribution < 1.29 is 14.3 Å². The second kappa shape index (κ2) is 8.82. The van der Waals surface area contributed by atoms with E-state index in [4.69, 9.17) is 4.74 Å². The zero-order chi connectivity index (χ0) is 21.0. The lowest BCUT2D eigenvalue weighted by atomic mass is 10.0. The Morgan fingerprint density at radius 3 is 2.48 bits per heavy atom. The molecule has 0 spiro atoms. The molecule has 0 radical (unpaired) electrons. The van der Waals surface area contributed by atoms with Gasteiger partial charge < -0.3 is 19.5 Å². The maximum Gasteiger partial charge on any atom is 0.268 e. The van der Waals surface area contributed by atoms with Crippen LogP contribution in [0.2, 0.25) is 0 Å². The number of para-hydroxylation sites is 2. The van der Waals surface area contributed by atoms with E-state index in [2.05, 4.69) is 5.32 Å². The first kappa shape index (κ1) is 20.5. The van der Waals surface area contributed by atoms with E-state index in [1.807, 2.05) is 73.1 Å². The third-order valence-electron chi connectivity index (χ3n) is 5.04. The molecular formula is C23H27N3O3. The first-order valence-corrected chi connectivity index (χ1v) is 9.69. The van der Waals surface area contributed by atoms with Gasteiger partial charge in [0.1, 0.15) is 11.4 Å². The molecule has 2 aromatic carbocycles. The number of aryl methyl sites for hydroxylation is 1.